The molecule has 4 rings (SSSR count). The van der Waals surface area contributed by atoms with Crippen molar-refractivity contribution < 1.29 is 18.0 Å². The van der Waals surface area contributed by atoms with Gasteiger partial charge in [-0.25, -0.2) is 8.42 Å². The van der Waals surface area contributed by atoms with Crippen LogP contribution in [0, 0.1) is 0 Å². The van der Waals surface area contributed by atoms with E-state index < -0.39 is 28.5 Å². The molecule has 9 heteroatoms. The van der Waals surface area contributed by atoms with E-state index in [1.807, 2.05) is 43.3 Å². The highest BCUT2D eigenvalue weighted by molar-refractivity contribution is 9.10. The van der Waals surface area contributed by atoms with Crippen LogP contribution in [0.4, 0.5) is 5.69 Å². The predicted molar refractivity (Wildman–Crippen MR) is 161 cm³/mol. The average molecular weight is 627 g/mol. The van der Waals surface area contributed by atoms with Crippen LogP contribution in [-0.2, 0) is 32.6 Å². The number of anilines is 1. The maximum absolute atomic E-state index is 14.1. The molecule has 0 radical (unpaired) electrons. The summed E-state index contributed by atoms with van der Waals surface area (Å²) in [4.78, 5) is 29.0. The zero-order valence-electron chi connectivity index (χ0n) is 22.9. The number of benzene rings is 3. The summed E-state index contributed by atoms with van der Waals surface area (Å²) in [5, 5.41) is 3.10. The maximum Gasteiger partial charge on any atom is 0.264 e. The zero-order valence-corrected chi connectivity index (χ0v) is 25.3. The molecule has 0 aliphatic heterocycles. The van der Waals surface area contributed by atoms with E-state index in [0.717, 1.165) is 41.3 Å². The average Bonchev–Trinajstić information content (AvgIpc) is 3.47. The Morgan fingerprint density at radius 3 is 2.33 bits per heavy atom. The summed E-state index contributed by atoms with van der Waals surface area (Å²) in [6, 6.07) is 22.2. The van der Waals surface area contributed by atoms with Crippen molar-refractivity contribution in [1.82, 2.24) is 10.2 Å². The molecule has 2 amide bonds. The summed E-state index contributed by atoms with van der Waals surface area (Å²) >= 11 is 3.48. The number of nitrogens with zero attached hydrogens (tertiary/aromatic N) is 2. The molecule has 0 heterocycles. The van der Waals surface area contributed by atoms with Crippen LogP contribution in [-0.4, -0.2) is 43.8 Å². The van der Waals surface area contributed by atoms with Gasteiger partial charge in [0.1, 0.15) is 12.6 Å². The van der Waals surface area contributed by atoms with Gasteiger partial charge in [-0.1, -0.05) is 84.2 Å². The lowest BCUT2D eigenvalue weighted by atomic mass is 10.1. The molecule has 1 atom stereocenters. The molecule has 1 fully saturated rings. The number of rotatable bonds is 11. The van der Waals surface area contributed by atoms with E-state index >= 15 is 0 Å². The first-order chi connectivity index (χ1) is 19.2. The monoisotopic (exact) mass is 625 g/mol. The molecule has 212 valence electrons. The Kier molecular flexibility index (Phi) is 10.0. The van der Waals surface area contributed by atoms with E-state index in [2.05, 4.69) is 21.2 Å². The SMILES string of the molecule is CCc1ccccc1N(CC(=O)N(Cc1cccc(Br)c1)[C@H](C)C(=O)NC1CCCC1)S(=O)(=O)c1ccccc1. The first kappa shape index (κ1) is 29.8. The minimum absolute atomic E-state index is 0.0965. The van der Waals surface area contributed by atoms with Crippen molar-refractivity contribution in [3.63, 3.8) is 0 Å². The fourth-order valence-electron chi connectivity index (χ4n) is 5.09. The second-order valence-electron chi connectivity index (χ2n) is 10.1. The number of hydrogen-bond acceptors (Lipinski definition) is 4. The van der Waals surface area contributed by atoms with Crippen LogP contribution in [0.15, 0.2) is 88.2 Å². The molecule has 7 nitrogen and oxygen atoms in total. The summed E-state index contributed by atoms with van der Waals surface area (Å²) in [6.07, 6.45) is 4.59. The Bertz CT molecular complexity index is 1430. The molecule has 40 heavy (non-hydrogen) atoms. The molecule has 1 N–H and O–H groups in total. The van der Waals surface area contributed by atoms with Gasteiger partial charge in [0, 0.05) is 17.1 Å². The van der Waals surface area contributed by atoms with E-state index in [4.69, 9.17) is 0 Å². The molecule has 3 aromatic carbocycles. The lowest BCUT2D eigenvalue weighted by Gasteiger charge is -2.33. The van der Waals surface area contributed by atoms with Gasteiger partial charge in [0.05, 0.1) is 10.6 Å². The van der Waals surface area contributed by atoms with E-state index in [0.29, 0.717) is 12.1 Å². The smallest absolute Gasteiger partial charge is 0.264 e. The highest BCUT2D eigenvalue weighted by Crippen LogP contribution is 2.28. The van der Waals surface area contributed by atoms with Crippen LogP contribution >= 0.6 is 15.9 Å². The van der Waals surface area contributed by atoms with Crippen LogP contribution in [0.3, 0.4) is 0 Å². The van der Waals surface area contributed by atoms with Gasteiger partial charge in [-0.2, -0.15) is 0 Å². The fourth-order valence-corrected chi connectivity index (χ4v) is 7.01. The van der Waals surface area contributed by atoms with Crippen LogP contribution in [0.2, 0.25) is 0 Å². The minimum atomic E-state index is -4.08. The van der Waals surface area contributed by atoms with Gasteiger partial charge in [0.25, 0.3) is 10.0 Å². The van der Waals surface area contributed by atoms with E-state index in [1.54, 1.807) is 37.3 Å². The van der Waals surface area contributed by atoms with Crippen molar-refractivity contribution in [3.8, 4) is 0 Å². The fraction of sp³-hybridized carbons (Fsp3) is 0.355. The van der Waals surface area contributed by atoms with Gasteiger partial charge < -0.3 is 10.2 Å². The first-order valence-corrected chi connectivity index (χ1v) is 15.9. The third kappa shape index (κ3) is 7.12. The Hall–Kier alpha value is -3.17. The van der Waals surface area contributed by atoms with Crippen molar-refractivity contribution >= 4 is 43.5 Å². The van der Waals surface area contributed by atoms with E-state index in [1.165, 1.54) is 21.3 Å². The molecule has 0 bridgehead atoms. The summed E-state index contributed by atoms with van der Waals surface area (Å²) in [6.45, 7) is 3.37. The minimum Gasteiger partial charge on any atom is -0.352 e. The molecular formula is C31H36BrN3O4S. The van der Waals surface area contributed by atoms with Crippen LogP contribution < -0.4 is 9.62 Å². The summed E-state index contributed by atoms with van der Waals surface area (Å²) in [5.74, 6) is -0.693. The van der Waals surface area contributed by atoms with E-state index in [9.17, 15) is 18.0 Å². The standard InChI is InChI=1S/C31H36BrN3O4S/c1-3-25-13-7-10-19-29(25)35(40(38,39)28-17-5-4-6-18-28)22-30(36)34(21-24-12-11-14-26(32)20-24)23(2)31(37)33-27-15-8-9-16-27/h4-7,10-14,17-20,23,27H,3,8-9,15-16,21-22H2,1-2H3,(H,33,37)/t23-/m1/s1. The highest BCUT2D eigenvalue weighted by atomic mass is 79.9. The third-order valence-electron chi connectivity index (χ3n) is 7.36. The molecule has 1 aliphatic rings. The molecular weight excluding hydrogens is 590 g/mol. The lowest BCUT2D eigenvalue weighted by Crippen LogP contribution is -2.52. The number of amides is 2. The number of halogens is 1. The summed E-state index contributed by atoms with van der Waals surface area (Å²) in [7, 11) is -4.08. The number of para-hydroxylation sites is 1. The number of hydrogen-bond donors (Lipinski definition) is 1. The van der Waals surface area contributed by atoms with E-state index in [-0.39, 0.29) is 23.4 Å². The second kappa shape index (κ2) is 13.5. The third-order valence-corrected chi connectivity index (χ3v) is 9.63. The predicted octanol–water partition coefficient (Wildman–Crippen LogP) is 5.68. The summed E-state index contributed by atoms with van der Waals surface area (Å²) < 4.78 is 30.0. The molecule has 0 saturated heterocycles. The van der Waals surface area contributed by atoms with Crippen molar-refractivity contribution in [3.05, 3.63) is 94.5 Å². The van der Waals surface area contributed by atoms with Crippen molar-refractivity contribution in [1.29, 1.82) is 0 Å². The number of aryl methyl sites for hydroxylation is 1. The number of sulfonamides is 1. The first-order valence-electron chi connectivity index (χ1n) is 13.7. The zero-order chi connectivity index (χ0) is 28.7. The number of carbonyl (C=O) groups excluding carboxylic acids is 2. The molecule has 0 spiro atoms. The molecule has 1 aliphatic carbocycles. The van der Waals surface area contributed by atoms with Gasteiger partial charge in [0.2, 0.25) is 11.8 Å². The molecule has 3 aromatic rings. The van der Waals surface area contributed by atoms with Crippen LogP contribution in [0.1, 0.15) is 50.7 Å². The molecule has 0 aromatic heterocycles. The van der Waals surface area contributed by atoms with Gasteiger partial charge in [-0.3, -0.25) is 13.9 Å². The second-order valence-corrected chi connectivity index (χ2v) is 12.9. The van der Waals surface area contributed by atoms with Crippen molar-refractivity contribution in [2.75, 3.05) is 10.8 Å². The van der Waals surface area contributed by atoms with Crippen molar-refractivity contribution in [2.24, 2.45) is 0 Å². The largest absolute Gasteiger partial charge is 0.352 e. The lowest BCUT2D eigenvalue weighted by molar-refractivity contribution is -0.139. The van der Waals surface area contributed by atoms with Gasteiger partial charge in [-0.05, 0) is 67.6 Å². The Morgan fingerprint density at radius 2 is 1.65 bits per heavy atom. The highest BCUT2D eigenvalue weighted by Gasteiger charge is 2.34. The van der Waals surface area contributed by atoms with Gasteiger partial charge in [0.15, 0.2) is 0 Å². The van der Waals surface area contributed by atoms with Gasteiger partial charge in [-0.15, -0.1) is 0 Å². The number of nitrogens with one attached hydrogen (secondary N) is 1. The van der Waals surface area contributed by atoms with Crippen LogP contribution in [0.5, 0.6) is 0 Å². The Balaban J connectivity index is 1.70. The van der Waals surface area contributed by atoms with Crippen molar-refractivity contribution in [2.45, 2.75) is 69.5 Å². The van der Waals surface area contributed by atoms with Crippen LogP contribution in [0.25, 0.3) is 0 Å². The number of carbonyl (C=O) groups is 2. The topological polar surface area (TPSA) is 86.8 Å². The Labute approximate surface area is 245 Å². The summed E-state index contributed by atoms with van der Waals surface area (Å²) in [5.41, 5.74) is 2.09. The van der Waals surface area contributed by atoms with Gasteiger partial charge >= 0.3 is 0 Å². The Morgan fingerprint density at radius 1 is 0.975 bits per heavy atom. The molecule has 1 saturated carbocycles. The maximum atomic E-state index is 14.1. The normalized spacial score (nSPS) is 14.5. The molecule has 0 unspecified atom stereocenters. The quantitative estimate of drug-likeness (QED) is 0.297.